The molecule has 0 atom stereocenters. The van der Waals surface area contributed by atoms with Crippen LogP contribution in [0.4, 0.5) is 0 Å². The van der Waals surface area contributed by atoms with Gasteiger partial charge in [-0.25, -0.2) is 4.79 Å². The molecule has 1 aliphatic heterocycles. The quantitative estimate of drug-likeness (QED) is 0.579. The van der Waals surface area contributed by atoms with Crippen molar-refractivity contribution in [3.8, 4) is 0 Å². The molecule has 0 fully saturated rings. The lowest BCUT2D eigenvalue weighted by Crippen LogP contribution is -2.03. The maximum atomic E-state index is 11.5. The zero-order valence-electron chi connectivity index (χ0n) is 9.94. The number of benzene rings is 1. The maximum Gasteiger partial charge on any atom is 0.331 e. The maximum absolute atomic E-state index is 11.5. The Balaban J connectivity index is 2.31. The predicted molar refractivity (Wildman–Crippen MR) is 65.6 cm³/mol. The van der Waals surface area contributed by atoms with Gasteiger partial charge in [0.25, 0.3) is 0 Å². The highest BCUT2D eigenvalue weighted by Gasteiger charge is 2.13. The number of hydrogen-bond donors (Lipinski definition) is 0. The third kappa shape index (κ3) is 2.94. The van der Waals surface area contributed by atoms with E-state index in [-0.39, 0.29) is 5.97 Å². The molecule has 0 spiro atoms. The van der Waals surface area contributed by atoms with Gasteiger partial charge in [-0.2, -0.15) is 0 Å². The fourth-order valence-electron chi connectivity index (χ4n) is 1.94. The van der Waals surface area contributed by atoms with E-state index in [1.54, 1.807) is 6.92 Å². The SMILES string of the molecule is CCOC(=O)C=C1COCCc2ccccc21. The summed E-state index contributed by atoms with van der Waals surface area (Å²) in [5.74, 6) is -0.303. The summed E-state index contributed by atoms with van der Waals surface area (Å²) in [5.41, 5.74) is 3.22. The van der Waals surface area contributed by atoms with Gasteiger partial charge in [0, 0.05) is 6.08 Å². The van der Waals surface area contributed by atoms with E-state index in [1.165, 1.54) is 11.6 Å². The Labute approximate surface area is 101 Å². The van der Waals surface area contributed by atoms with Crippen LogP contribution in [0.1, 0.15) is 18.1 Å². The highest BCUT2D eigenvalue weighted by molar-refractivity contribution is 5.92. The fourth-order valence-corrected chi connectivity index (χ4v) is 1.94. The number of rotatable bonds is 2. The van der Waals surface area contributed by atoms with Crippen LogP contribution < -0.4 is 0 Å². The van der Waals surface area contributed by atoms with E-state index in [0.29, 0.717) is 19.8 Å². The number of ether oxygens (including phenoxy) is 2. The van der Waals surface area contributed by atoms with E-state index < -0.39 is 0 Å². The minimum absolute atomic E-state index is 0.303. The van der Waals surface area contributed by atoms with Gasteiger partial charge in [-0.3, -0.25) is 0 Å². The van der Waals surface area contributed by atoms with E-state index >= 15 is 0 Å². The summed E-state index contributed by atoms with van der Waals surface area (Å²) in [4.78, 5) is 11.5. The molecule has 0 saturated heterocycles. The molecule has 3 nitrogen and oxygen atoms in total. The van der Waals surface area contributed by atoms with Crippen molar-refractivity contribution >= 4 is 11.5 Å². The molecule has 90 valence electrons. The second-order valence-electron chi connectivity index (χ2n) is 3.88. The van der Waals surface area contributed by atoms with E-state index in [0.717, 1.165) is 17.6 Å². The Bertz CT molecular complexity index is 435. The van der Waals surface area contributed by atoms with Crippen LogP contribution in [0, 0.1) is 0 Å². The topological polar surface area (TPSA) is 35.5 Å². The molecule has 3 heteroatoms. The van der Waals surface area contributed by atoms with Gasteiger partial charge >= 0.3 is 5.97 Å². The summed E-state index contributed by atoms with van der Waals surface area (Å²) in [7, 11) is 0. The average Bonchev–Trinajstić information content (AvgIpc) is 2.53. The van der Waals surface area contributed by atoms with Gasteiger partial charge in [0.2, 0.25) is 0 Å². The molecule has 1 heterocycles. The third-order valence-electron chi connectivity index (χ3n) is 2.72. The van der Waals surface area contributed by atoms with Gasteiger partial charge in [-0.1, -0.05) is 24.3 Å². The van der Waals surface area contributed by atoms with Crippen molar-refractivity contribution in [1.82, 2.24) is 0 Å². The van der Waals surface area contributed by atoms with Crippen molar-refractivity contribution in [2.24, 2.45) is 0 Å². The van der Waals surface area contributed by atoms with Crippen LogP contribution >= 0.6 is 0 Å². The summed E-state index contributed by atoms with van der Waals surface area (Å²) in [6.07, 6.45) is 2.42. The van der Waals surface area contributed by atoms with Crippen LogP contribution in [0.25, 0.3) is 5.57 Å². The Morgan fingerprint density at radius 3 is 3.12 bits per heavy atom. The minimum Gasteiger partial charge on any atom is -0.463 e. The van der Waals surface area contributed by atoms with Crippen LogP contribution in [0.3, 0.4) is 0 Å². The monoisotopic (exact) mass is 232 g/mol. The zero-order chi connectivity index (χ0) is 12.1. The van der Waals surface area contributed by atoms with E-state index in [4.69, 9.17) is 9.47 Å². The van der Waals surface area contributed by atoms with Crippen LogP contribution in [0.15, 0.2) is 30.3 Å². The van der Waals surface area contributed by atoms with E-state index in [9.17, 15) is 4.79 Å². The summed E-state index contributed by atoms with van der Waals surface area (Å²) >= 11 is 0. The first-order valence-corrected chi connectivity index (χ1v) is 5.84. The standard InChI is InChI=1S/C14H16O3/c1-2-17-14(15)9-12-10-16-8-7-11-5-3-4-6-13(11)12/h3-6,9H,2,7-8,10H2,1H3. The summed E-state index contributed by atoms with van der Waals surface area (Å²) < 4.78 is 10.4. The van der Waals surface area contributed by atoms with E-state index in [2.05, 4.69) is 6.07 Å². The summed E-state index contributed by atoms with van der Waals surface area (Å²) in [6.45, 7) is 3.35. The Hall–Kier alpha value is -1.61. The molecule has 0 saturated carbocycles. The number of carbonyl (C=O) groups excluding carboxylic acids is 1. The molecule has 1 aromatic carbocycles. The molecule has 0 aliphatic carbocycles. The van der Waals surface area contributed by atoms with Crippen molar-refractivity contribution in [1.29, 1.82) is 0 Å². The van der Waals surface area contributed by atoms with Gasteiger partial charge in [0.1, 0.15) is 0 Å². The highest BCUT2D eigenvalue weighted by Crippen LogP contribution is 2.23. The molecule has 0 aromatic heterocycles. The lowest BCUT2D eigenvalue weighted by molar-refractivity contribution is -0.137. The lowest BCUT2D eigenvalue weighted by Gasteiger charge is -2.07. The van der Waals surface area contributed by atoms with Gasteiger partial charge < -0.3 is 9.47 Å². The van der Waals surface area contributed by atoms with Crippen molar-refractivity contribution in [2.45, 2.75) is 13.3 Å². The first-order chi connectivity index (χ1) is 8.31. The summed E-state index contributed by atoms with van der Waals surface area (Å²) in [6, 6.07) is 8.08. The lowest BCUT2D eigenvalue weighted by atomic mass is 9.99. The Morgan fingerprint density at radius 2 is 2.29 bits per heavy atom. The molecule has 0 radical (unpaired) electrons. The minimum atomic E-state index is -0.303. The largest absolute Gasteiger partial charge is 0.463 e. The second kappa shape index (κ2) is 5.64. The van der Waals surface area contributed by atoms with Crippen molar-refractivity contribution < 1.29 is 14.3 Å². The Morgan fingerprint density at radius 1 is 1.47 bits per heavy atom. The molecule has 0 bridgehead atoms. The second-order valence-corrected chi connectivity index (χ2v) is 3.88. The normalized spacial score (nSPS) is 17.4. The molecule has 17 heavy (non-hydrogen) atoms. The first-order valence-electron chi connectivity index (χ1n) is 5.84. The molecule has 1 aliphatic rings. The van der Waals surface area contributed by atoms with E-state index in [1.807, 2.05) is 18.2 Å². The van der Waals surface area contributed by atoms with Crippen molar-refractivity contribution in [3.63, 3.8) is 0 Å². The van der Waals surface area contributed by atoms with Gasteiger partial charge in [-0.15, -0.1) is 0 Å². The summed E-state index contributed by atoms with van der Waals surface area (Å²) in [5, 5.41) is 0. The molecule has 2 rings (SSSR count). The van der Waals surface area contributed by atoms with Crippen molar-refractivity contribution in [3.05, 3.63) is 41.5 Å². The molecule has 0 N–H and O–H groups in total. The van der Waals surface area contributed by atoms with Gasteiger partial charge in [-0.05, 0) is 30.0 Å². The van der Waals surface area contributed by atoms with Crippen LogP contribution in [-0.2, 0) is 20.7 Å². The molecule has 0 unspecified atom stereocenters. The zero-order valence-corrected chi connectivity index (χ0v) is 9.94. The van der Waals surface area contributed by atoms with Crippen LogP contribution in [0.5, 0.6) is 0 Å². The molecular formula is C14H16O3. The smallest absolute Gasteiger partial charge is 0.331 e. The number of esters is 1. The predicted octanol–water partition coefficient (Wildman–Crippen LogP) is 2.21. The highest BCUT2D eigenvalue weighted by atomic mass is 16.5. The number of hydrogen-bond acceptors (Lipinski definition) is 3. The van der Waals surface area contributed by atoms with Gasteiger partial charge in [0.15, 0.2) is 0 Å². The third-order valence-corrected chi connectivity index (χ3v) is 2.72. The fraction of sp³-hybridized carbons (Fsp3) is 0.357. The van der Waals surface area contributed by atoms with Crippen LogP contribution in [-0.4, -0.2) is 25.8 Å². The number of fused-ring (bicyclic) bond motifs is 1. The number of carbonyl (C=O) groups is 1. The van der Waals surface area contributed by atoms with Crippen LogP contribution in [0.2, 0.25) is 0 Å². The first kappa shape index (κ1) is 11.9. The molecule has 0 amide bonds. The molecule has 1 aromatic rings. The average molecular weight is 232 g/mol. The molecular weight excluding hydrogens is 216 g/mol. The van der Waals surface area contributed by atoms with Gasteiger partial charge in [0.05, 0.1) is 19.8 Å². The van der Waals surface area contributed by atoms with Crippen molar-refractivity contribution in [2.75, 3.05) is 19.8 Å². The Kier molecular flexibility index (Phi) is 3.94.